The number of aromatic hydroxyl groups is 1. The van der Waals surface area contributed by atoms with Gasteiger partial charge in [0.25, 0.3) is 5.56 Å². The van der Waals surface area contributed by atoms with Crippen molar-refractivity contribution >= 4 is 17.1 Å². The molecule has 0 spiro atoms. The number of phenols is 1. The number of carbonyl (C=O) groups is 1. The zero-order valence-corrected chi connectivity index (χ0v) is 16.9. The van der Waals surface area contributed by atoms with Crippen molar-refractivity contribution in [3.8, 4) is 11.4 Å². The molecule has 0 bridgehead atoms. The second-order valence-electron chi connectivity index (χ2n) is 7.88. The third-order valence-electron chi connectivity index (χ3n) is 5.46. The highest BCUT2D eigenvalue weighted by molar-refractivity contribution is 5.75. The van der Waals surface area contributed by atoms with Crippen LogP contribution in [-0.4, -0.2) is 78.2 Å². The Balaban J connectivity index is 1.56. The normalized spacial score (nSPS) is 16.0. The number of aliphatic hydroxyl groups is 1. The lowest BCUT2D eigenvalue weighted by Gasteiger charge is -2.39. The number of hydrogen-bond acceptors (Lipinski definition) is 6. The van der Waals surface area contributed by atoms with Gasteiger partial charge in [0.1, 0.15) is 17.5 Å². The molecular formula is C20H24N6O4. The van der Waals surface area contributed by atoms with Gasteiger partial charge < -0.3 is 20.0 Å². The molecule has 1 saturated heterocycles. The van der Waals surface area contributed by atoms with Gasteiger partial charge in [-0.25, -0.2) is 14.5 Å². The quantitative estimate of drug-likeness (QED) is 0.657. The van der Waals surface area contributed by atoms with Crippen molar-refractivity contribution in [3.05, 3.63) is 47.1 Å². The van der Waals surface area contributed by atoms with E-state index in [1.54, 1.807) is 31.1 Å². The average Bonchev–Trinajstić information content (AvgIpc) is 3.15. The maximum atomic E-state index is 13.0. The lowest BCUT2D eigenvalue weighted by atomic mass is 9.91. The van der Waals surface area contributed by atoms with E-state index in [2.05, 4.69) is 10.1 Å². The number of aromatic nitrogens is 4. The summed E-state index contributed by atoms with van der Waals surface area (Å²) in [6, 6.07) is 6.35. The minimum atomic E-state index is -1.09. The van der Waals surface area contributed by atoms with Crippen LogP contribution >= 0.6 is 0 Å². The summed E-state index contributed by atoms with van der Waals surface area (Å²) in [4.78, 5) is 32.6. The van der Waals surface area contributed by atoms with E-state index in [-0.39, 0.29) is 23.9 Å². The van der Waals surface area contributed by atoms with Crippen LogP contribution in [0.1, 0.15) is 12.8 Å². The van der Waals surface area contributed by atoms with Crippen molar-refractivity contribution in [1.82, 2.24) is 29.1 Å². The van der Waals surface area contributed by atoms with E-state index in [0.29, 0.717) is 42.7 Å². The minimum absolute atomic E-state index is 0.0843. The van der Waals surface area contributed by atoms with Gasteiger partial charge in [-0.15, -0.1) is 0 Å². The molecule has 10 nitrogen and oxygen atoms in total. The number of phenolic OH excluding ortho intramolecular Hbond substituents is 1. The summed E-state index contributed by atoms with van der Waals surface area (Å²) in [7, 11) is 3.39. The van der Waals surface area contributed by atoms with E-state index in [1.165, 1.54) is 38.8 Å². The smallest absolute Gasteiger partial charge is 0.319 e. The van der Waals surface area contributed by atoms with Gasteiger partial charge in [-0.1, -0.05) is 0 Å². The summed E-state index contributed by atoms with van der Waals surface area (Å²) in [5.74, 6) is 0.136. The standard InChI is InChI=1S/C20H24N6O4/c1-23(2)19(29)24-9-7-20(30,8-10-24)12-25-13-21-17-16(18(25)28)11-22-26(17)14-3-5-15(27)6-4-14/h3-6,11,13,27,30H,7-10,12H2,1-2H3. The summed E-state index contributed by atoms with van der Waals surface area (Å²) in [6.45, 7) is 0.955. The Hall–Kier alpha value is -3.40. The van der Waals surface area contributed by atoms with Crippen LogP contribution < -0.4 is 5.56 Å². The Labute approximate surface area is 172 Å². The molecule has 10 heteroatoms. The van der Waals surface area contributed by atoms with Crippen molar-refractivity contribution in [1.29, 1.82) is 0 Å². The lowest BCUT2D eigenvalue weighted by Crippen LogP contribution is -2.51. The van der Waals surface area contributed by atoms with Gasteiger partial charge in [0, 0.05) is 27.2 Å². The number of amides is 2. The number of rotatable bonds is 3. The lowest BCUT2D eigenvalue weighted by molar-refractivity contribution is -0.0282. The molecule has 30 heavy (non-hydrogen) atoms. The maximum absolute atomic E-state index is 13.0. The Kier molecular flexibility index (Phi) is 4.94. The summed E-state index contributed by atoms with van der Waals surface area (Å²) in [6.07, 6.45) is 3.63. The molecular weight excluding hydrogens is 388 g/mol. The number of fused-ring (bicyclic) bond motifs is 1. The van der Waals surface area contributed by atoms with Crippen LogP contribution in [0.4, 0.5) is 4.79 Å². The van der Waals surface area contributed by atoms with Crippen LogP contribution in [0.15, 0.2) is 41.6 Å². The number of piperidine rings is 1. The second-order valence-corrected chi connectivity index (χ2v) is 7.88. The summed E-state index contributed by atoms with van der Waals surface area (Å²) in [5, 5.41) is 25.0. The molecule has 0 saturated carbocycles. The first kappa shape index (κ1) is 19.9. The van der Waals surface area contributed by atoms with Crippen LogP contribution in [0.3, 0.4) is 0 Å². The van der Waals surface area contributed by atoms with E-state index < -0.39 is 5.60 Å². The molecule has 1 aliphatic rings. The number of nitrogens with zero attached hydrogens (tertiary/aromatic N) is 6. The summed E-state index contributed by atoms with van der Waals surface area (Å²) >= 11 is 0. The molecule has 4 rings (SSSR count). The molecule has 2 amide bonds. The van der Waals surface area contributed by atoms with Gasteiger partial charge in [-0.2, -0.15) is 5.10 Å². The highest BCUT2D eigenvalue weighted by Crippen LogP contribution is 2.24. The van der Waals surface area contributed by atoms with Gasteiger partial charge in [0.05, 0.1) is 24.0 Å². The topological polar surface area (TPSA) is 117 Å². The number of urea groups is 1. The molecule has 1 fully saturated rings. The fourth-order valence-electron chi connectivity index (χ4n) is 3.72. The molecule has 0 aliphatic carbocycles. The van der Waals surface area contributed by atoms with Crippen molar-refractivity contribution in [3.63, 3.8) is 0 Å². The maximum Gasteiger partial charge on any atom is 0.319 e. The van der Waals surface area contributed by atoms with Gasteiger partial charge in [-0.3, -0.25) is 9.36 Å². The SMILES string of the molecule is CN(C)C(=O)N1CCC(O)(Cn2cnc3c(cnn3-c3ccc(O)cc3)c2=O)CC1. The third-order valence-corrected chi connectivity index (χ3v) is 5.46. The minimum Gasteiger partial charge on any atom is -0.508 e. The van der Waals surface area contributed by atoms with Crippen molar-refractivity contribution in [2.75, 3.05) is 27.2 Å². The van der Waals surface area contributed by atoms with E-state index >= 15 is 0 Å². The highest BCUT2D eigenvalue weighted by Gasteiger charge is 2.35. The Morgan fingerprint density at radius 2 is 1.87 bits per heavy atom. The second kappa shape index (κ2) is 7.45. The molecule has 3 heterocycles. The fourth-order valence-corrected chi connectivity index (χ4v) is 3.72. The molecule has 3 aromatic rings. The first-order valence-corrected chi connectivity index (χ1v) is 9.69. The molecule has 2 aromatic heterocycles. The van der Waals surface area contributed by atoms with Crippen LogP contribution in [0.5, 0.6) is 5.75 Å². The van der Waals surface area contributed by atoms with Crippen molar-refractivity contribution in [2.24, 2.45) is 0 Å². The summed E-state index contributed by atoms with van der Waals surface area (Å²) < 4.78 is 2.93. The highest BCUT2D eigenvalue weighted by atomic mass is 16.3. The average molecular weight is 412 g/mol. The molecule has 0 atom stereocenters. The fraction of sp³-hybridized carbons (Fsp3) is 0.400. The van der Waals surface area contributed by atoms with E-state index in [4.69, 9.17) is 0 Å². The molecule has 0 radical (unpaired) electrons. The monoisotopic (exact) mass is 412 g/mol. The molecule has 158 valence electrons. The van der Waals surface area contributed by atoms with Crippen LogP contribution in [0.2, 0.25) is 0 Å². The first-order valence-electron chi connectivity index (χ1n) is 9.69. The van der Waals surface area contributed by atoms with Crippen LogP contribution in [0.25, 0.3) is 16.7 Å². The zero-order valence-electron chi connectivity index (χ0n) is 16.9. The van der Waals surface area contributed by atoms with Crippen molar-refractivity contribution in [2.45, 2.75) is 25.0 Å². The van der Waals surface area contributed by atoms with Gasteiger partial charge in [0.15, 0.2) is 5.65 Å². The Bertz CT molecular complexity index is 1130. The molecule has 1 aromatic carbocycles. The third kappa shape index (κ3) is 3.61. The van der Waals surface area contributed by atoms with E-state index in [0.717, 1.165) is 0 Å². The van der Waals surface area contributed by atoms with Gasteiger partial charge in [0.2, 0.25) is 0 Å². The molecule has 2 N–H and O–H groups in total. The van der Waals surface area contributed by atoms with Crippen LogP contribution in [-0.2, 0) is 6.54 Å². The number of hydrogen-bond donors (Lipinski definition) is 2. The zero-order chi connectivity index (χ0) is 21.5. The van der Waals surface area contributed by atoms with Gasteiger partial charge in [-0.05, 0) is 37.1 Å². The molecule has 1 aliphatic heterocycles. The van der Waals surface area contributed by atoms with Crippen LogP contribution in [0, 0.1) is 0 Å². The number of benzene rings is 1. The predicted octanol–water partition coefficient (Wildman–Crippen LogP) is 0.796. The Morgan fingerprint density at radius 3 is 2.50 bits per heavy atom. The molecule has 0 unspecified atom stereocenters. The number of likely N-dealkylation sites (tertiary alicyclic amines) is 1. The van der Waals surface area contributed by atoms with E-state index in [1.807, 2.05) is 0 Å². The largest absolute Gasteiger partial charge is 0.508 e. The number of carbonyl (C=O) groups excluding carboxylic acids is 1. The summed E-state index contributed by atoms with van der Waals surface area (Å²) in [5.41, 5.74) is -0.301. The first-order chi connectivity index (χ1) is 14.3. The van der Waals surface area contributed by atoms with E-state index in [9.17, 15) is 19.8 Å². The predicted molar refractivity (Wildman–Crippen MR) is 110 cm³/mol. The van der Waals surface area contributed by atoms with Crippen molar-refractivity contribution < 1.29 is 15.0 Å². The van der Waals surface area contributed by atoms with Gasteiger partial charge >= 0.3 is 6.03 Å². The Morgan fingerprint density at radius 1 is 1.20 bits per heavy atom.